The van der Waals surface area contributed by atoms with Crippen molar-refractivity contribution in [2.24, 2.45) is 5.41 Å². The van der Waals surface area contributed by atoms with Gasteiger partial charge < -0.3 is 4.90 Å². The Kier molecular flexibility index (Phi) is 4.44. The van der Waals surface area contributed by atoms with Gasteiger partial charge in [0.25, 0.3) is 0 Å². The van der Waals surface area contributed by atoms with E-state index in [4.69, 9.17) is 0 Å². The van der Waals surface area contributed by atoms with Gasteiger partial charge in [0, 0.05) is 26.2 Å². The minimum Gasteiger partial charge on any atom is -0.341 e. The molecule has 0 radical (unpaired) electrons. The fraction of sp³-hybridized carbons (Fsp3) is 0.929. The van der Waals surface area contributed by atoms with E-state index < -0.39 is 9.84 Å². The van der Waals surface area contributed by atoms with Crippen LogP contribution in [0.2, 0.25) is 0 Å². The first-order chi connectivity index (χ1) is 9.18. The van der Waals surface area contributed by atoms with E-state index in [1.165, 1.54) is 0 Å². The number of carbonyl (C=O) groups is 1. The van der Waals surface area contributed by atoms with Crippen molar-refractivity contribution in [1.82, 2.24) is 9.80 Å². The van der Waals surface area contributed by atoms with Crippen LogP contribution >= 0.6 is 0 Å². The molecule has 2 fully saturated rings. The van der Waals surface area contributed by atoms with E-state index in [9.17, 15) is 13.2 Å². The first-order valence-electron chi connectivity index (χ1n) is 7.41. The number of piperidine rings is 1. The van der Waals surface area contributed by atoms with E-state index >= 15 is 0 Å². The second-order valence-electron chi connectivity index (χ2n) is 7.17. The van der Waals surface area contributed by atoms with Gasteiger partial charge in [-0.1, -0.05) is 20.8 Å². The molecule has 1 unspecified atom stereocenters. The summed E-state index contributed by atoms with van der Waals surface area (Å²) in [7, 11) is -2.88. The van der Waals surface area contributed by atoms with Crippen molar-refractivity contribution in [2.45, 2.75) is 39.7 Å². The molecular formula is C14H26N2O3S. The van der Waals surface area contributed by atoms with Crippen LogP contribution in [0.4, 0.5) is 0 Å². The third-order valence-electron chi connectivity index (χ3n) is 3.99. The lowest BCUT2D eigenvalue weighted by molar-refractivity contribution is -0.141. The molecule has 1 atom stereocenters. The van der Waals surface area contributed by atoms with E-state index in [2.05, 4.69) is 25.7 Å². The van der Waals surface area contributed by atoms with E-state index in [0.29, 0.717) is 13.1 Å². The van der Waals surface area contributed by atoms with Crippen LogP contribution in [-0.2, 0) is 14.6 Å². The van der Waals surface area contributed by atoms with Crippen molar-refractivity contribution in [1.29, 1.82) is 0 Å². The van der Waals surface area contributed by atoms with Crippen LogP contribution in [0.5, 0.6) is 0 Å². The zero-order chi connectivity index (χ0) is 15.0. The predicted octanol–water partition coefficient (Wildman–Crippen LogP) is 0.754. The van der Waals surface area contributed by atoms with Gasteiger partial charge in [0.15, 0.2) is 9.84 Å². The highest BCUT2D eigenvalue weighted by atomic mass is 32.2. The quantitative estimate of drug-likeness (QED) is 0.755. The van der Waals surface area contributed by atoms with Crippen molar-refractivity contribution >= 4 is 15.7 Å². The van der Waals surface area contributed by atoms with Crippen LogP contribution in [-0.4, -0.2) is 67.9 Å². The van der Waals surface area contributed by atoms with Gasteiger partial charge in [-0.3, -0.25) is 9.69 Å². The molecular weight excluding hydrogens is 276 g/mol. The molecule has 0 aliphatic carbocycles. The Balaban J connectivity index is 2.00. The maximum atomic E-state index is 12.6. The van der Waals surface area contributed by atoms with Crippen molar-refractivity contribution in [3.8, 4) is 0 Å². The van der Waals surface area contributed by atoms with E-state index in [1.807, 2.05) is 4.90 Å². The Hall–Kier alpha value is -0.620. The molecule has 2 aliphatic rings. The lowest BCUT2D eigenvalue weighted by atomic mass is 9.93. The highest BCUT2D eigenvalue weighted by molar-refractivity contribution is 7.91. The van der Waals surface area contributed by atoms with Crippen LogP contribution in [0.25, 0.3) is 0 Å². The average molecular weight is 302 g/mol. The first-order valence-corrected chi connectivity index (χ1v) is 9.23. The minimum atomic E-state index is -2.88. The molecule has 116 valence electrons. The molecule has 0 bridgehead atoms. The van der Waals surface area contributed by atoms with Gasteiger partial charge in [-0.2, -0.15) is 0 Å². The maximum Gasteiger partial charge on any atom is 0.239 e. The van der Waals surface area contributed by atoms with Gasteiger partial charge in [0.05, 0.1) is 17.5 Å². The molecule has 6 heteroatoms. The molecule has 0 aromatic carbocycles. The largest absolute Gasteiger partial charge is 0.341 e. The topological polar surface area (TPSA) is 57.7 Å². The number of hydrogen-bond donors (Lipinski definition) is 0. The van der Waals surface area contributed by atoms with Gasteiger partial charge in [-0.25, -0.2) is 8.42 Å². The number of sulfone groups is 1. The standard InChI is InChI=1S/C14H26N2O3S/c1-14(2,3)11-16-6-4-5-12(13(16)17)15-7-9-20(18,19)10-8-15/h12H,4-11H2,1-3H3. The second kappa shape index (κ2) is 5.64. The highest BCUT2D eigenvalue weighted by Gasteiger charge is 2.36. The van der Waals surface area contributed by atoms with E-state index in [0.717, 1.165) is 25.9 Å². The molecule has 0 aromatic heterocycles. The number of nitrogens with zero attached hydrogens (tertiary/aromatic N) is 2. The normalized spacial score (nSPS) is 28.6. The lowest BCUT2D eigenvalue weighted by Gasteiger charge is -2.41. The molecule has 1 amide bonds. The average Bonchev–Trinajstić information content (AvgIpc) is 2.31. The molecule has 0 spiro atoms. The summed E-state index contributed by atoms with van der Waals surface area (Å²) in [6.45, 7) is 9.02. The molecule has 0 N–H and O–H groups in total. The van der Waals surface area contributed by atoms with Crippen molar-refractivity contribution in [3.63, 3.8) is 0 Å². The highest BCUT2D eigenvalue weighted by Crippen LogP contribution is 2.23. The Morgan fingerprint density at radius 1 is 1.15 bits per heavy atom. The van der Waals surface area contributed by atoms with Crippen molar-refractivity contribution in [2.75, 3.05) is 37.7 Å². The molecule has 2 rings (SSSR count). The summed E-state index contributed by atoms with van der Waals surface area (Å²) in [5.41, 5.74) is 0.1000. The van der Waals surface area contributed by atoms with Gasteiger partial charge in [0.1, 0.15) is 0 Å². The molecule has 2 heterocycles. The van der Waals surface area contributed by atoms with Crippen molar-refractivity contribution < 1.29 is 13.2 Å². The number of carbonyl (C=O) groups excluding carboxylic acids is 1. The van der Waals surface area contributed by atoms with Gasteiger partial charge >= 0.3 is 0 Å². The van der Waals surface area contributed by atoms with Crippen molar-refractivity contribution in [3.05, 3.63) is 0 Å². The van der Waals surface area contributed by atoms with Gasteiger partial charge in [-0.15, -0.1) is 0 Å². The summed E-state index contributed by atoms with van der Waals surface area (Å²) in [5.74, 6) is 0.567. The van der Waals surface area contributed by atoms with Crippen LogP contribution in [0.1, 0.15) is 33.6 Å². The fourth-order valence-electron chi connectivity index (χ4n) is 3.03. The molecule has 5 nitrogen and oxygen atoms in total. The fourth-order valence-corrected chi connectivity index (χ4v) is 4.26. The third kappa shape index (κ3) is 3.95. The third-order valence-corrected chi connectivity index (χ3v) is 5.60. The molecule has 0 aromatic rings. The maximum absolute atomic E-state index is 12.6. The molecule has 2 saturated heterocycles. The predicted molar refractivity (Wildman–Crippen MR) is 79.3 cm³/mol. The smallest absolute Gasteiger partial charge is 0.239 e. The summed E-state index contributed by atoms with van der Waals surface area (Å²) in [6, 6.07) is -0.110. The first kappa shape index (κ1) is 15.8. The summed E-state index contributed by atoms with van der Waals surface area (Å²) in [4.78, 5) is 16.6. The summed E-state index contributed by atoms with van der Waals surface area (Å²) >= 11 is 0. The van der Waals surface area contributed by atoms with E-state index in [1.54, 1.807) is 0 Å². The minimum absolute atomic E-state index is 0.1000. The van der Waals surface area contributed by atoms with Gasteiger partial charge in [0.2, 0.25) is 5.91 Å². The Morgan fingerprint density at radius 2 is 1.75 bits per heavy atom. The number of rotatable bonds is 2. The lowest BCUT2D eigenvalue weighted by Crippen LogP contribution is -2.57. The Labute approximate surface area is 122 Å². The zero-order valence-electron chi connectivity index (χ0n) is 12.8. The monoisotopic (exact) mass is 302 g/mol. The SMILES string of the molecule is CC(C)(C)CN1CCCC(N2CCS(=O)(=O)CC2)C1=O. The Morgan fingerprint density at radius 3 is 2.30 bits per heavy atom. The van der Waals surface area contributed by atoms with Gasteiger partial charge in [-0.05, 0) is 18.3 Å². The summed E-state index contributed by atoms with van der Waals surface area (Å²) in [6.07, 6.45) is 1.87. The molecule has 0 saturated carbocycles. The number of likely N-dealkylation sites (tertiary alicyclic amines) is 1. The Bertz CT molecular complexity index is 453. The number of hydrogen-bond acceptors (Lipinski definition) is 4. The van der Waals surface area contributed by atoms with Crippen LogP contribution < -0.4 is 0 Å². The second-order valence-corrected chi connectivity index (χ2v) is 9.47. The van der Waals surface area contributed by atoms with Crippen LogP contribution in [0.15, 0.2) is 0 Å². The zero-order valence-corrected chi connectivity index (χ0v) is 13.6. The molecule has 20 heavy (non-hydrogen) atoms. The molecule has 2 aliphatic heterocycles. The van der Waals surface area contributed by atoms with Crippen LogP contribution in [0, 0.1) is 5.41 Å². The summed E-state index contributed by atoms with van der Waals surface area (Å²) < 4.78 is 23.0. The van der Waals surface area contributed by atoms with Crippen LogP contribution in [0.3, 0.4) is 0 Å². The number of amides is 1. The van der Waals surface area contributed by atoms with E-state index in [-0.39, 0.29) is 28.9 Å². The summed E-state index contributed by atoms with van der Waals surface area (Å²) in [5, 5.41) is 0.